The lowest BCUT2D eigenvalue weighted by atomic mass is 10.3. The molecule has 5 nitrogen and oxygen atoms in total. The van der Waals surface area contributed by atoms with Crippen LogP contribution in [0.25, 0.3) is 0 Å². The predicted molar refractivity (Wildman–Crippen MR) is 70.0 cm³/mol. The summed E-state index contributed by atoms with van der Waals surface area (Å²) >= 11 is 0. The van der Waals surface area contributed by atoms with Crippen molar-refractivity contribution in [2.45, 2.75) is 13.3 Å². The first-order valence-corrected chi connectivity index (χ1v) is 6.02. The van der Waals surface area contributed by atoms with Gasteiger partial charge in [0.2, 0.25) is 0 Å². The molecular weight excluding hydrogens is 232 g/mol. The monoisotopic (exact) mass is 252 g/mol. The van der Waals surface area contributed by atoms with Crippen molar-refractivity contribution in [3.63, 3.8) is 0 Å². The van der Waals surface area contributed by atoms with Crippen molar-refractivity contribution < 1.29 is 14.3 Å². The van der Waals surface area contributed by atoms with Crippen LogP contribution in [0.5, 0.6) is 0 Å². The highest BCUT2D eigenvalue weighted by atomic mass is 16.5. The van der Waals surface area contributed by atoms with E-state index >= 15 is 0 Å². The molecule has 0 atom stereocenters. The Morgan fingerprint density at radius 2 is 2.22 bits per heavy atom. The number of hydrogen-bond donors (Lipinski definition) is 0. The number of methoxy groups -OCH3 is 1. The number of ether oxygens (including phenoxy) is 2. The third-order valence-electron chi connectivity index (χ3n) is 2.49. The van der Waals surface area contributed by atoms with Crippen molar-refractivity contribution in [2.24, 2.45) is 0 Å². The lowest BCUT2D eigenvalue weighted by molar-refractivity contribution is 0.0526. The van der Waals surface area contributed by atoms with Crippen LogP contribution in [0.3, 0.4) is 0 Å². The first kappa shape index (κ1) is 14.4. The van der Waals surface area contributed by atoms with Crippen molar-refractivity contribution in [1.82, 2.24) is 4.98 Å². The Hall–Kier alpha value is -1.62. The van der Waals surface area contributed by atoms with Crippen molar-refractivity contribution in [3.05, 3.63) is 23.9 Å². The summed E-state index contributed by atoms with van der Waals surface area (Å²) in [6.07, 6.45) is 2.48. The summed E-state index contributed by atoms with van der Waals surface area (Å²) in [4.78, 5) is 17.7. The molecule has 0 unspecified atom stereocenters. The van der Waals surface area contributed by atoms with E-state index in [0.29, 0.717) is 12.2 Å². The number of pyridine rings is 1. The van der Waals surface area contributed by atoms with Gasteiger partial charge in [0.1, 0.15) is 5.82 Å². The van der Waals surface area contributed by atoms with Gasteiger partial charge in [-0.25, -0.2) is 9.78 Å². The van der Waals surface area contributed by atoms with Gasteiger partial charge in [-0.05, 0) is 25.5 Å². The Bertz CT molecular complexity index is 365. The van der Waals surface area contributed by atoms with Crippen LogP contribution in [0.15, 0.2) is 18.3 Å². The average molecular weight is 252 g/mol. The molecule has 0 aliphatic carbocycles. The molecule has 0 radical (unpaired) electrons. The third kappa shape index (κ3) is 4.33. The maximum atomic E-state index is 11.4. The Morgan fingerprint density at radius 1 is 1.44 bits per heavy atom. The number of rotatable bonds is 7. The van der Waals surface area contributed by atoms with E-state index < -0.39 is 0 Å². The summed E-state index contributed by atoms with van der Waals surface area (Å²) < 4.78 is 9.90. The van der Waals surface area contributed by atoms with Gasteiger partial charge in [-0.2, -0.15) is 0 Å². The van der Waals surface area contributed by atoms with Gasteiger partial charge in [0.05, 0.1) is 12.2 Å². The molecule has 0 saturated heterocycles. The van der Waals surface area contributed by atoms with E-state index in [4.69, 9.17) is 9.47 Å². The molecule has 1 heterocycles. The lowest BCUT2D eigenvalue weighted by Gasteiger charge is -2.17. The summed E-state index contributed by atoms with van der Waals surface area (Å²) in [6, 6.07) is 3.55. The minimum Gasteiger partial charge on any atom is -0.462 e. The minimum absolute atomic E-state index is 0.335. The summed E-state index contributed by atoms with van der Waals surface area (Å²) in [6.45, 7) is 3.74. The van der Waals surface area contributed by atoms with Gasteiger partial charge < -0.3 is 14.4 Å². The van der Waals surface area contributed by atoms with Gasteiger partial charge in [0.15, 0.2) is 0 Å². The molecule has 1 aromatic rings. The lowest BCUT2D eigenvalue weighted by Crippen LogP contribution is -2.21. The van der Waals surface area contributed by atoms with E-state index in [-0.39, 0.29) is 5.97 Å². The Morgan fingerprint density at radius 3 is 2.78 bits per heavy atom. The van der Waals surface area contributed by atoms with E-state index in [1.54, 1.807) is 26.3 Å². The zero-order valence-corrected chi connectivity index (χ0v) is 11.2. The van der Waals surface area contributed by atoms with E-state index in [2.05, 4.69) is 4.98 Å². The van der Waals surface area contributed by atoms with Crippen LogP contribution in [0, 0.1) is 0 Å². The van der Waals surface area contributed by atoms with Crippen molar-refractivity contribution in [2.75, 3.05) is 38.8 Å². The molecule has 5 heteroatoms. The summed E-state index contributed by atoms with van der Waals surface area (Å²) in [7, 11) is 3.65. The van der Waals surface area contributed by atoms with Crippen molar-refractivity contribution in [3.8, 4) is 0 Å². The van der Waals surface area contributed by atoms with E-state index in [1.165, 1.54) is 0 Å². The highest BCUT2D eigenvalue weighted by Crippen LogP contribution is 2.10. The minimum atomic E-state index is -0.335. The van der Waals surface area contributed by atoms with E-state index in [1.807, 2.05) is 18.0 Å². The third-order valence-corrected chi connectivity index (χ3v) is 2.49. The quantitative estimate of drug-likeness (QED) is 0.546. The Balaban J connectivity index is 2.56. The second kappa shape index (κ2) is 7.66. The summed E-state index contributed by atoms with van der Waals surface area (Å²) in [5.41, 5.74) is 0.478. The highest BCUT2D eigenvalue weighted by Gasteiger charge is 2.08. The number of esters is 1. The topological polar surface area (TPSA) is 51.7 Å². The Labute approximate surface area is 108 Å². The van der Waals surface area contributed by atoms with Crippen LogP contribution in [0.4, 0.5) is 5.82 Å². The largest absolute Gasteiger partial charge is 0.462 e. The van der Waals surface area contributed by atoms with Crippen LogP contribution in [-0.4, -0.2) is 44.9 Å². The summed E-state index contributed by atoms with van der Waals surface area (Å²) in [5, 5.41) is 0. The SMILES string of the molecule is CCOC(=O)c1ccc(N(C)CCCOC)nc1. The second-order valence-corrected chi connectivity index (χ2v) is 3.89. The normalized spacial score (nSPS) is 10.2. The maximum absolute atomic E-state index is 11.4. The molecule has 0 aliphatic heterocycles. The predicted octanol–water partition coefficient (Wildman–Crippen LogP) is 1.73. The molecule has 0 aromatic carbocycles. The van der Waals surface area contributed by atoms with Crippen LogP contribution in [0.1, 0.15) is 23.7 Å². The van der Waals surface area contributed by atoms with Crippen LogP contribution in [0.2, 0.25) is 0 Å². The molecule has 0 spiro atoms. The molecule has 0 fully saturated rings. The molecule has 1 aromatic heterocycles. The zero-order chi connectivity index (χ0) is 13.4. The smallest absolute Gasteiger partial charge is 0.339 e. The Kier molecular flexibility index (Phi) is 6.14. The number of nitrogens with zero attached hydrogens (tertiary/aromatic N) is 2. The van der Waals surface area contributed by atoms with Crippen molar-refractivity contribution >= 4 is 11.8 Å². The van der Waals surface area contributed by atoms with Crippen LogP contribution < -0.4 is 4.90 Å². The first-order chi connectivity index (χ1) is 8.69. The molecule has 100 valence electrons. The van der Waals surface area contributed by atoms with Gasteiger partial charge in [-0.1, -0.05) is 0 Å². The van der Waals surface area contributed by atoms with Crippen molar-refractivity contribution in [1.29, 1.82) is 0 Å². The number of carbonyl (C=O) groups is 1. The van der Waals surface area contributed by atoms with Crippen LogP contribution >= 0.6 is 0 Å². The molecule has 0 N–H and O–H groups in total. The maximum Gasteiger partial charge on any atom is 0.339 e. The highest BCUT2D eigenvalue weighted by molar-refractivity contribution is 5.89. The summed E-state index contributed by atoms with van der Waals surface area (Å²) in [5.74, 6) is 0.498. The first-order valence-electron chi connectivity index (χ1n) is 6.02. The van der Waals surface area contributed by atoms with Gasteiger partial charge in [-0.15, -0.1) is 0 Å². The average Bonchev–Trinajstić information content (AvgIpc) is 2.39. The van der Waals surface area contributed by atoms with Gasteiger partial charge in [-0.3, -0.25) is 0 Å². The molecule has 1 rings (SSSR count). The molecular formula is C13H20N2O3. The number of aromatic nitrogens is 1. The molecule has 18 heavy (non-hydrogen) atoms. The number of carbonyl (C=O) groups excluding carboxylic acids is 1. The fraction of sp³-hybridized carbons (Fsp3) is 0.538. The zero-order valence-electron chi connectivity index (χ0n) is 11.2. The molecule has 0 aliphatic rings. The van der Waals surface area contributed by atoms with Gasteiger partial charge in [0.25, 0.3) is 0 Å². The van der Waals surface area contributed by atoms with Gasteiger partial charge in [0, 0.05) is 33.5 Å². The fourth-order valence-corrected chi connectivity index (χ4v) is 1.51. The number of anilines is 1. The van der Waals surface area contributed by atoms with Gasteiger partial charge >= 0.3 is 5.97 Å². The fourth-order valence-electron chi connectivity index (χ4n) is 1.51. The van der Waals surface area contributed by atoms with E-state index in [9.17, 15) is 4.79 Å². The molecule has 0 bridgehead atoms. The molecule has 0 saturated carbocycles. The van der Waals surface area contributed by atoms with Crippen LogP contribution in [-0.2, 0) is 9.47 Å². The number of hydrogen-bond acceptors (Lipinski definition) is 5. The van der Waals surface area contributed by atoms with E-state index in [0.717, 1.165) is 25.4 Å². The second-order valence-electron chi connectivity index (χ2n) is 3.89. The standard InChI is InChI=1S/C13H20N2O3/c1-4-18-13(16)11-6-7-12(14-10-11)15(2)8-5-9-17-3/h6-7,10H,4-5,8-9H2,1-3H3. The molecule has 0 amide bonds.